The number of aryl methyl sites for hydroxylation is 2. The summed E-state index contributed by atoms with van der Waals surface area (Å²) in [4.78, 5) is 29.0. The number of amides is 3. The summed E-state index contributed by atoms with van der Waals surface area (Å²) in [6.07, 6.45) is 1.51. The van der Waals surface area contributed by atoms with Crippen molar-refractivity contribution in [3.05, 3.63) is 29.3 Å². The zero-order valence-corrected chi connectivity index (χ0v) is 17.0. The Kier molecular flexibility index (Phi) is 5.01. The fraction of sp³-hybridized carbons (Fsp3) is 0.632. The molecule has 0 bridgehead atoms. The SMILES string of the molecule is CCCNC(=O)N1C[C@@H]2CN(C(=O)c3cc(C)on3)CC[C@]2(c2nnc(C)o2)C1. The van der Waals surface area contributed by atoms with E-state index in [1.165, 1.54) is 0 Å². The smallest absolute Gasteiger partial charge is 0.317 e. The number of urea groups is 1. The minimum atomic E-state index is -0.443. The number of carbonyl (C=O) groups is 2. The predicted molar refractivity (Wildman–Crippen MR) is 101 cm³/mol. The predicted octanol–water partition coefficient (Wildman–Crippen LogP) is 1.51. The van der Waals surface area contributed by atoms with E-state index in [-0.39, 0.29) is 17.9 Å². The highest BCUT2D eigenvalue weighted by molar-refractivity contribution is 5.92. The molecule has 2 atom stereocenters. The van der Waals surface area contributed by atoms with Crippen molar-refractivity contribution in [1.82, 2.24) is 30.5 Å². The Bertz CT molecular complexity index is 908. The fourth-order valence-corrected chi connectivity index (χ4v) is 4.34. The molecule has 29 heavy (non-hydrogen) atoms. The number of hydrogen-bond donors (Lipinski definition) is 1. The van der Waals surface area contributed by atoms with E-state index in [2.05, 4.69) is 20.7 Å². The maximum atomic E-state index is 12.9. The molecule has 10 heteroatoms. The second-order valence-corrected chi connectivity index (χ2v) is 7.92. The average molecular weight is 402 g/mol. The van der Waals surface area contributed by atoms with Crippen molar-refractivity contribution in [3.63, 3.8) is 0 Å². The molecule has 2 aliphatic rings. The van der Waals surface area contributed by atoms with Crippen LogP contribution in [0.5, 0.6) is 0 Å². The van der Waals surface area contributed by atoms with Crippen LogP contribution in [0.1, 0.15) is 47.8 Å². The molecule has 0 radical (unpaired) electrons. The van der Waals surface area contributed by atoms with Crippen LogP contribution in [-0.2, 0) is 5.41 Å². The highest BCUT2D eigenvalue weighted by atomic mass is 16.5. The number of carbonyl (C=O) groups excluding carboxylic acids is 2. The summed E-state index contributed by atoms with van der Waals surface area (Å²) in [5, 5.41) is 15.1. The Morgan fingerprint density at radius 3 is 2.72 bits per heavy atom. The van der Waals surface area contributed by atoms with Gasteiger partial charge in [0.2, 0.25) is 11.8 Å². The first-order chi connectivity index (χ1) is 13.9. The third-order valence-electron chi connectivity index (χ3n) is 5.86. The van der Waals surface area contributed by atoms with Crippen LogP contribution in [0.15, 0.2) is 15.0 Å². The maximum absolute atomic E-state index is 12.9. The number of nitrogens with zero attached hydrogens (tertiary/aromatic N) is 5. The van der Waals surface area contributed by atoms with Gasteiger partial charge in [-0.15, -0.1) is 10.2 Å². The van der Waals surface area contributed by atoms with E-state index >= 15 is 0 Å². The number of rotatable bonds is 4. The van der Waals surface area contributed by atoms with Crippen LogP contribution in [0.3, 0.4) is 0 Å². The van der Waals surface area contributed by atoms with Crippen molar-refractivity contribution in [1.29, 1.82) is 0 Å². The zero-order chi connectivity index (χ0) is 20.6. The number of nitrogens with one attached hydrogen (secondary N) is 1. The van der Waals surface area contributed by atoms with Crippen LogP contribution in [-0.4, -0.2) is 69.8 Å². The van der Waals surface area contributed by atoms with Crippen LogP contribution in [0.2, 0.25) is 0 Å². The van der Waals surface area contributed by atoms with Gasteiger partial charge < -0.3 is 24.1 Å². The summed E-state index contributed by atoms with van der Waals surface area (Å²) < 4.78 is 10.9. The molecule has 1 N–H and O–H groups in total. The fourth-order valence-electron chi connectivity index (χ4n) is 4.34. The van der Waals surface area contributed by atoms with Gasteiger partial charge in [0, 0.05) is 51.6 Å². The third-order valence-corrected chi connectivity index (χ3v) is 5.86. The van der Waals surface area contributed by atoms with Crippen molar-refractivity contribution in [2.45, 2.75) is 39.0 Å². The average Bonchev–Trinajstić information content (AvgIpc) is 3.43. The zero-order valence-electron chi connectivity index (χ0n) is 17.0. The lowest BCUT2D eigenvalue weighted by Crippen LogP contribution is -2.51. The highest BCUT2D eigenvalue weighted by Crippen LogP contribution is 2.45. The Hall–Kier alpha value is -2.91. The van der Waals surface area contributed by atoms with Crippen molar-refractivity contribution in [2.75, 3.05) is 32.7 Å². The number of aromatic nitrogens is 3. The molecule has 2 saturated heterocycles. The second kappa shape index (κ2) is 7.49. The molecule has 0 saturated carbocycles. The van der Waals surface area contributed by atoms with Gasteiger partial charge in [0.15, 0.2) is 5.69 Å². The van der Waals surface area contributed by atoms with Crippen molar-refractivity contribution in [3.8, 4) is 0 Å². The molecule has 156 valence electrons. The van der Waals surface area contributed by atoms with Crippen LogP contribution >= 0.6 is 0 Å². The van der Waals surface area contributed by atoms with E-state index in [9.17, 15) is 9.59 Å². The van der Waals surface area contributed by atoms with Crippen molar-refractivity contribution >= 4 is 11.9 Å². The Morgan fingerprint density at radius 1 is 1.28 bits per heavy atom. The van der Waals surface area contributed by atoms with Gasteiger partial charge in [-0.25, -0.2) is 4.79 Å². The molecular weight excluding hydrogens is 376 g/mol. The maximum Gasteiger partial charge on any atom is 0.317 e. The van der Waals surface area contributed by atoms with Crippen molar-refractivity contribution in [2.24, 2.45) is 5.92 Å². The summed E-state index contributed by atoms with van der Waals surface area (Å²) in [7, 11) is 0. The number of hydrogen-bond acceptors (Lipinski definition) is 7. The third kappa shape index (κ3) is 3.47. The van der Waals surface area contributed by atoms with E-state index in [0.29, 0.717) is 62.4 Å². The first-order valence-corrected chi connectivity index (χ1v) is 9.99. The normalized spacial score (nSPS) is 23.9. The van der Waals surface area contributed by atoms with Crippen molar-refractivity contribution < 1.29 is 18.5 Å². The molecule has 0 aromatic carbocycles. The lowest BCUT2D eigenvalue weighted by atomic mass is 9.72. The minimum Gasteiger partial charge on any atom is -0.425 e. The number of likely N-dealkylation sites (tertiary alicyclic amines) is 2. The molecule has 0 spiro atoms. The second-order valence-electron chi connectivity index (χ2n) is 7.92. The van der Waals surface area contributed by atoms with Gasteiger partial charge in [0.05, 0.1) is 5.41 Å². The molecule has 2 fully saturated rings. The van der Waals surface area contributed by atoms with Gasteiger partial charge in [-0.2, -0.15) is 0 Å². The van der Waals surface area contributed by atoms with Crippen LogP contribution in [0.4, 0.5) is 4.79 Å². The van der Waals surface area contributed by atoms with Gasteiger partial charge >= 0.3 is 6.03 Å². The van der Waals surface area contributed by atoms with E-state index in [4.69, 9.17) is 8.94 Å². The number of piperidine rings is 1. The summed E-state index contributed by atoms with van der Waals surface area (Å²) in [6, 6.07) is 1.55. The summed E-state index contributed by atoms with van der Waals surface area (Å²) in [5.41, 5.74) is -0.138. The van der Waals surface area contributed by atoms with E-state index in [1.807, 2.05) is 6.92 Å². The van der Waals surface area contributed by atoms with Gasteiger partial charge in [0.1, 0.15) is 5.76 Å². The quantitative estimate of drug-likeness (QED) is 0.823. The Labute approximate surface area is 168 Å². The molecule has 2 aromatic heterocycles. The first kappa shape index (κ1) is 19.4. The van der Waals surface area contributed by atoms with Crippen LogP contribution < -0.4 is 5.32 Å². The topological polar surface area (TPSA) is 118 Å². The van der Waals surface area contributed by atoms with E-state index < -0.39 is 5.41 Å². The molecular formula is C19H26N6O4. The molecule has 3 amide bonds. The lowest BCUT2D eigenvalue weighted by Gasteiger charge is -2.40. The standard InChI is InChI=1S/C19H26N6O4/c1-4-6-20-18(27)25-10-14-9-24(16(26)15-8-12(2)29-23-15)7-5-19(14,11-25)17-22-21-13(3)28-17/h8,14H,4-7,9-11H2,1-3H3,(H,20,27)/t14-,19-/m0/s1. The molecule has 0 aliphatic carbocycles. The van der Waals surface area contributed by atoms with Crippen LogP contribution in [0, 0.1) is 19.8 Å². The van der Waals surface area contributed by atoms with Gasteiger partial charge in [-0.05, 0) is 19.8 Å². The summed E-state index contributed by atoms with van der Waals surface area (Å²) in [5.74, 6) is 1.49. The lowest BCUT2D eigenvalue weighted by molar-refractivity contribution is 0.0558. The first-order valence-electron chi connectivity index (χ1n) is 9.99. The van der Waals surface area contributed by atoms with E-state index in [0.717, 1.165) is 6.42 Å². The monoisotopic (exact) mass is 402 g/mol. The molecule has 0 unspecified atom stereocenters. The Morgan fingerprint density at radius 2 is 2.07 bits per heavy atom. The molecule has 10 nitrogen and oxygen atoms in total. The largest absolute Gasteiger partial charge is 0.425 e. The molecule has 2 aromatic rings. The molecule has 4 heterocycles. The number of fused-ring (bicyclic) bond motifs is 1. The van der Waals surface area contributed by atoms with Gasteiger partial charge in [-0.3, -0.25) is 4.79 Å². The highest BCUT2D eigenvalue weighted by Gasteiger charge is 2.55. The van der Waals surface area contributed by atoms with E-state index in [1.54, 1.807) is 29.7 Å². The van der Waals surface area contributed by atoms with Crippen LogP contribution in [0.25, 0.3) is 0 Å². The Balaban J connectivity index is 1.58. The minimum absolute atomic E-state index is 0.000393. The molecule has 4 rings (SSSR count). The van der Waals surface area contributed by atoms with Gasteiger partial charge in [-0.1, -0.05) is 12.1 Å². The molecule has 2 aliphatic heterocycles. The summed E-state index contributed by atoms with van der Waals surface area (Å²) >= 11 is 0. The summed E-state index contributed by atoms with van der Waals surface area (Å²) in [6.45, 7) is 8.20. The van der Waals surface area contributed by atoms with Gasteiger partial charge in [0.25, 0.3) is 5.91 Å².